The molecule has 0 aliphatic carbocycles. The van der Waals surface area contributed by atoms with E-state index in [1.807, 2.05) is 0 Å². The molecule has 6 nitrogen and oxygen atoms in total. The summed E-state index contributed by atoms with van der Waals surface area (Å²) in [4.78, 5) is 27.3. The number of fused-ring (bicyclic) bond motifs is 1. The number of hydrogen-bond donors (Lipinski definition) is 0. The molecule has 3 aromatic rings. The number of ether oxygens (including phenoxy) is 1. The Hall–Kier alpha value is -2.54. The van der Waals surface area contributed by atoms with E-state index in [0.29, 0.717) is 15.2 Å². The van der Waals surface area contributed by atoms with Crippen LogP contribution in [0.5, 0.6) is 5.75 Å². The molecule has 1 aromatic carbocycles. The van der Waals surface area contributed by atoms with Gasteiger partial charge in [-0.15, -0.1) is 0 Å². The van der Waals surface area contributed by atoms with Crippen molar-refractivity contribution in [3.8, 4) is 5.75 Å². The van der Waals surface area contributed by atoms with Gasteiger partial charge in [0.2, 0.25) is 4.96 Å². The van der Waals surface area contributed by atoms with Crippen LogP contribution in [0.3, 0.4) is 0 Å². The summed E-state index contributed by atoms with van der Waals surface area (Å²) in [6.07, 6.45) is 3.10. The number of aromatic nitrogens is 3. The second-order valence-electron chi connectivity index (χ2n) is 4.03. The Morgan fingerprint density at radius 2 is 2.10 bits per heavy atom. The Morgan fingerprint density at radius 3 is 2.75 bits per heavy atom. The van der Waals surface area contributed by atoms with Crippen LogP contribution in [0.1, 0.15) is 12.5 Å². The number of benzene rings is 1. The second-order valence-corrected chi connectivity index (χ2v) is 5.04. The van der Waals surface area contributed by atoms with Crippen LogP contribution in [0.15, 0.2) is 35.4 Å². The third-order valence-corrected chi connectivity index (χ3v) is 3.53. The molecule has 0 spiro atoms. The summed E-state index contributed by atoms with van der Waals surface area (Å²) >= 11 is 1.28. The van der Waals surface area contributed by atoms with Gasteiger partial charge in [-0.1, -0.05) is 23.5 Å². The number of esters is 1. The van der Waals surface area contributed by atoms with Gasteiger partial charge in [-0.3, -0.25) is 9.59 Å². The fourth-order valence-electron chi connectivity index (χ4n) is 1.73. The molecule has 0 aliphatic heterocycles. The van der Waals surface area contributed by atoms with Crippen LogP contribution in [0.25, 0.3) is 11.0 Å². The molecule has 0 atom stereocenters. The summed E-state index contributed by atoms with van der Waals surface area (Å²) in [6, 6.07) is 6.89. The van der Waals surface area contributed by atoms with Gasteiger partial charge in [-0.25, -0.2) is 4.98 Å². The largest absolute Gasteiger partial charge is 0.427 e. The van der Waals surface area contributed by atoms with Crippen molar-refractivity contribution in [1.29, 1.82) is 0 Å². The van der Waals surface area contributed by atoms with E-state index in [-0.39, 0.29) is 11.5 Å². The first kappa shape index (κ1) is 12.5. The lowest BCUT2D eigenvalue weighted by molar-refractivity contribution is -0.131. The molecule has 0 aliphatic rings. The van der Waals surface area contributed by atoms with Crippen molar-refractivity contribution in [3.63, 3.8) is 0 Å². The number of rotatable bonds is 2. The summed E-state index contributed by atoms with van der Waals surface area (Å²) in [5.74, 6) is 0.105. The van der Waals surface area contributed by atoms with E-state index in [2.05, 4.69) is 10.1 Å². The molecule has 0 radical (unpaired) electrons. The standard InChI is InChI=1S/C13H9N3O3S/c1-8(17)19-10-4-2-9(3-5-10)6-11-12(18)16-13(20-11)14-7-15-16/h2-7H,1H3/b11-6+. The zero-order valence-electron chi connectivity index (χ0n) is 10.4. The molecule has 2 aromatic heterocycles. The van der Waals surface area contributed by atoms with Gasteiger partial charge in [0.15, 0.2) is 0 Å². The van der Waals surface area contributed by atoms with Crippen LogP contribution < -0.4 is 14.8 Å². The molecule has 0 fully saturated rings. The average Bonchev–Trinajstić information content (AvgIpc) is 2.96. The van der Waals surface area contributed by atoms with Gasteiger partial charge in [0.05, 0.1) is 4.53 Å². The highest BCUT2D eigenvalue weighted by molar-refractivity contribution is 7.15. The van der Waals surface area contributed by atoms with E-state index < -0.39 is 0 Å². The van der Waals surface area contributed by atoms with Crippen molar-refractivity contribution >= 4 is 28.3 Å². The number of hydrogen-bond acceptors (Lipinski definition) is 6. The van der Waals surface area contributed by atoms with Crippen LogP contribution in [0.2, 0.25) is 0 Å². The summed E-state index contributed by atoms with van der Waals surface area (Å²) in [7, 11) is 0. The second kappa shape index (κ2) is 4.86. The third kappa shape index (κ3) is 2.30. The third-order valence-electron chi connectivity index (χ3n) is 2.56. The fourth-order valence-corrected chi connectivity index (χ4v) is 2.61. The lowest BCUT2D eigenvalue weighted by atomic mass is 10.2. The fraction of sp³-hybridized carbons (Fsp3) is 0.0769. The maximum atomic E-state index is 12.0. The van der Waals surface area contributed by atoms with Crippen LogP contribution in [0.4, 0.5) is 0 Å². The predicted octanol–water partition coefficient (Wildman–Crippen LogP) is 0.624. The summed E-state index contributed by atoms with van der Waals surface area (Å²) in [5, 5.41) is 3.85. The zero-order valence-corrected chi connectivity index (χ0v) is 11.3. The molecule has 0 unspecified atom stereocenters. The zero-order chi connectivity index (χ0) is 14.1. The Bertz CT molecular complexity index is 880. The molecule has 0 amide bonds. The van der Waals surface area contributed by atoms with Gasteiger partial charge in [-0.05, 0) is 23.8 Å². The molecule has 0 saturated carbocycles. The lowest BCUT2D eigenvalue weighted by Crippen LogP contribution is -2.23. The molecule has 2 heterocycles. The van der Waals surface area contributed by atoms with Crippen LogP contribution in [0, 0.1) is 0 Å². The van der Waals surface area contributed by atoms with E-state index >= 15 is 0 Å². The Labute approximate surface area is 116 Å². The molecule has 3 rings (SSSR count). The Morgan fingerprint density at radius 1 is 1.35 bits per heavy atom. The van der Waals surface area contributed by atoms with Crippen LogP contribution >= 0.6 is 11.3 Å². The van der Waals surface area contributed by atoms with Gasteiger partial charge in [0, 0.05) is 6.92 Å². The topological polar surface area (TPSA) is 73.6 Å². The highest BCUT2D eigenvalue weighted by atomic mass is 32.1. The van der Waals surface area contributed by atoms with Crippen molar-refractivity contribution in [2.24, 2.45) is 0 Å². The molecule has 0 saturated heterocycles. The highest BCUT2D eigenvalue weighted by Crippen LogP contribution is 2.12. The lowest BCUT2D eigenvalue weighted by Gasteiger charge is -2.00. The van der Waals surface area contributed by atoms with Crippen LogP contribution in [-0.4, -0.2) is 20.6 Å². The normalized spacial score (nSPS) is 11.9. The van der Waals surface area contributed by atoms with E-state index in [1.165, 1.54) is 29.1 Å². The minimum absolute atomic E-state index is 0.188. The first-order chi connectivity index (χ1) is 9.63. The molecule has 0 N–H and O–H groups in total. The number of thiazole rings is 1. The molecule has 100 valence electrons. The van der Waals surface area contributed by atoms with E-state index in [1.54, 1.807) is 30.3 Å². The monoisotopic (exact) mass is 287 g/mol. The van der Waals surface area contributed by atoms with Gasteiger partial charge in [0.1, 0.15) is 12.1 Å². The molecule has 0 bridgehead atoms. The first-order valence-corrected chi connectivity index (χ1v) is 6.58. The van der Waals surface area contributed by atoms with E-state index in [9.17, 15) is 9.59 Å². The van der Waals surface area contributed by atoms with E-state index in [0.717, 1.165) is 5.56 Å². The maximum Gasteiger partial charge on any atom is 0.308 e. The van der Waals surface area contributed by atoms with Crippen molar-refractivity contribution in [2.75, 3.05) is 0 Å². The average molecular weight is 287 g/mol. The molecule has 7 heteroatoms. The first-order valence-electron chi connectivity index (χ1n) is 5.76. The summed E-state index contributed by atoms with van der Waals surface area (Å²) in [6.45, 7) is 1.35. The number of carbonyl (C=O) groups is 1. The van der Waals surface area contributed by atoms with Crippen molar-refractivity contribution in [1.82, 2.24) is 14.6 Å². The SMILES string of the molecule is CC(=O)Oc1ccc(/C=c2/sc3ncnn3c2=O)cc1. The highest BCUT2D eigenvalue weighted by Gasteiger charge is 2.05. The van der Waals surface area contributed by atoms with Gasteiger partial charge >= 0.3 is 5.97 Å². The predicted molar refractivity (Wildman–Crippen MR) is 73.7 cm³/mol. The number of nitrogens with zero attached hydrogens (tertiary/aromatic N) is 3. The van der Waals surface area contributed by atoms with Gasteiger partial charge < -0.3 is 4.74 Å². The van der Waals surface area contributed by atoms with Gasteiger partial charge in [-0.2, -0.15) is 9.61 Å². The van der Waals surface area contributed by atoms with E-state index in [4.69, 9.17) is 4.74 Å². The number of carbonyl (C=O) groups excluding carboxylic acids is 1. The van der Waals surface area contributed by atoms with Crippen molar-refractivity contribution in [2.45, 2.75) is 6.92 Å². The maximum absolute atomic E-state index is 12.0. The van der Waals surface area contributed by atoms with Crippen molar-refractivity contribution in [3.05, 3.63) is 51.0 Å². The summed E-state index contributed by atoms with van der Waals surface area (Å²) < 4.78 is 6.77. The Balaban J connectivity index is 1.99. The quantitative estimate of drug-likeness (QED) is 0.510. The molecular weight excluding hydrogens is 278 g/mol. The minimum atomic E-state index is -0.367. The smallest absolute Gasteiger partial charge is 0.308 e. The van der Waals surface area contributed by atoms with Crippen molar-refractivity contribution < 1.29 is 9.53 Å². The Kier molecular flexibility index (Phi) is 3.03. The minimum Gasteiger partial charge on any atom is -0.427 e. The molecule has 20 heavy (non-hydrogen) atoms. The van der Waals surface area contributed by atoms with Gasteiger partial charge in [0.25, 0.3) is 5.56 Å². The summed E-state index contributed by atoms with van der Waals surface area (Å²) in [5.41, 5.74) is 0.647. The molecular formula is C13H9N3O3S. The van der Waals surface area contributed by atoms with Crippen LogP contribution in [-0.2, 0) is 4.79 Å².